The van der Waals surface area contributed by atoms with Crippen molar-refractivity contribution in [3.63, 3.8) is 0 Å². The first kappa shape index (κ1) is 15.3. The number of phenols is 1. The summed E-state index contributed by atoms with van der Waals surface area (Å²) in [5.74, 6) is 0.832. The van der Waals surface area contributed by atoms with Crippen molar-refractivity contribution < 1.29 is 9.52 Å². The van der Waals surface area contributed by atoms with E-state index in [0.29, 0.717) is 21.2 Å². The highest BCUT2D eigenvalue weighted by Gasteiger charge is 2.23. The molecule has 0 bridgehead atoms. The molecule has 1 aliphatic heterocycles. The van der Waals surface area contributed by atoms with Crippen molar-refractivity contribution in [3.8, 4) is 5.75 Å². The molecule has 1 unspecified atom stereocenters. The van der Waals surface area contributed by atoms with Crippen molar-refractivity contribution in [2.75, 3.05) is 5.75 Å². The Kier molecular flexibility index (Phi) is 3.82. The Morgan fingerprint density at radius 3 is 2.75 bits per heavy atom. The van der Waals surface area contributed by atoms with Gasteiger partial charge in [0.25, 0.3) is 0 Å². The monoisotopic (exact) mass is 357 g/mol. The number of aromatic hydroxyl groups is 1. The first-order valence-electron chi connectivity index (χ1n) is 7.33. The van der Waals surface area contributed by atoms with Gasteiger partial charge in [-0.15, -0.1) is 11.8 Å². The number of nitrogens with zero attached hydrogens (tertiary/aromatic N) is 1. The van der Waals surface area contributed by atoms with Crippen LogP contribution in [0.4, 0.5) is 0 Å². The number of hydrogen-bond acceptors (Lipinski definition) is 5. The lowest BCUT2D eigenvalue weighted by Crippen LogP contribution is -2.10. The van der Waals surface area contributed by atoms with Crippen LogP contribution >= 0.6 is 23.4 Å². The SMILES string of the molecule is O=c1oc2cc(O)ccc2cc1C1=NC(c2ccc(Cl)cc2)CS1. The minimum Gasteiger partial charge on any atom is -0.508 e. The van der Waals surface area contributed by atoms with E-state index in [1.165, 1.54) is 17.8 Å². The predicted octanol–water partition coefficient (Wildman–Crippen LogP) is 4.39. The quantitative estimate of drug-likeness (QED) is 0.691. The molecule has 24 heavy (non-hydrogen) atoms. The summed E-state index contributed by atoms with van der Waals surface area (Å²) in [7, 11) is 0. The number of phenolic OH excluding ortho intramolecular Hbond substituents is 1. The fourth-order valence-corrected chi connectivity index (χ4v) is 3.83. The van der Waals surface area contributed by atoms with E-state index in [0.717, 1.165) is 16.7 Å². The summed E-state index contributed by atoms with van der Waals surface area (Å²) < 4.78 is 5.32. The molecule has 0 fully saturated rings. The molecule has 2 heterocycles. The molecule has 0 saturated carbocycles. The third-order valence-electron chi connectivity index (χ3n) is 3.86. The van der Waals surface area contributed by atoms with Gasteiger partial charge in [0.05, 0.1) is 11.6 Å². The molecule has 2 aromatic carbocycles. The first-order valence-corrected chi connectivity index (χ1v) is 8.70. The smallest absolute Gasteiger partial charge is 0.346 e. The molecular formula is C18H12ClNO3S. The van der Waals surface area contributed by atoms with Crippen LogP contribution in [0.25, 0.3) is 11.0 Å². The van der Waals surface area contributed by atoms with Gasteiger partial charge in [-0.25, -0.2) is 4.79 Å². The molecule has 0 spiro atoms. The Bertz CT molecular complexity index is 1010. The zero-order valence-corrected chi connectivity index (χ0v) is 14.0. The largest absolute Gasteiger partial charge is 0.508 e. The summed E-state index contributed by atoms with van der Waals surface area (Å²) in [6.45, 7) is 0. The Labute approximate surface area is 146 Å². The highest BCUT2D eigenvalue weighted by atomic mass is 35.5. The molecular weight excluding hydrogens is 346 g/mol. The molecule has 1 aromatic heterocycles. The van der Waals surface area contributed by atoms with E-state index in [4.69, 9.17) is 16.0 Å². The Morgan fingerprint density at radius 1 is 1.17 bits per heavy atom. The maximum atomic E-state index is 12.3. The number of benzene rings is 2. The van der Waals surface area contributed by atoms with Gasteiger partial charge in [0.1, 0.15) is 16.4 Å². The van der Waals surface area contributed by atoms with Crippen LogP contribution in [-0.4, -0.2) is 15.9 Å². The van der Waals surface area contributed by atoms with Crippen LogP contribution in [0.3, 0.4) is 0 Å². The van der Waals surface area contributed by atoms with E-state index in [-0.39, 0.29) is 11.8 Å². The lowest BCUT2D eigenvalue weighted by Gasteiger charge is -2.05. The third kappa shape index (κ3) is 2.81. The molecule has 120 valence electrons. The maximum Gasteiger partial charge on any atom is 0.346 e. The fourth-order valence-electron chi connectivity index (χ4n) is 2.63. The van der Waals surface area contributed by atoms with Crippen molar-refractivity contribution in [1.29, 1.82) is 0 Å². The molecule has 1 N–H and O–H groups in total. The van der Waals surface area contributed by atoms with E-state index in [2.05, 4.69) is 4.99 Å². The van der Waals surface area contributed by atoms with Crippen LogP contribution in [0.5, 0.6) is 5.75 Å². The van der Waals surface area contributed by atoms with Crippen molar-refractivity contribution >= 4 is 39.4 Å². The van der Waals surface area contributed by atoms with Gasteiger partial charge in [-0.1, -0.05) is 23.7 Å². The summed E-state index contributed by atoms with van der Waals surface area (Å²) >= 11 is 7.45. The van der Waals surface area contributed by atoms with Gasteiger partial charge in [-0.2, -0.15) is 0 Å². The molecule has 0 aliphatic carbocycles. The maximum absolute atomic E-state index is 12.3. The second kappa shape index (κ2) is 6.00. The van der Waals surface area contributed by atoms with Crippen LogP contribution in [0.1, 0.15) is 17.2 Å². The summed E-state index contributed by atoms with van der Waals surface area (Å²) in [5, 5.41) is 11.6. The van der Waals surface area contributed by atoms with Crippen LogP contribution in [0.15, 0.2) is 62.7 Å². The summed E-state index contributed by atoms with van der Waals surface area (Å²) in [6.07, 6.45) is 0. The summed E-state index contributed by atoms with van der Waals surface area (Å²) in [6, 6.07) is 14.0. The van der Waals surface area contributed by atoms with Gasteiger partial charge in [-0.05, 0) is 35.9 Å². The third-order valence-corrected chi connectivity index (χ3v) is 5.19. The Morgan fingerprint density at radius 2 is 1.96 bits per heavy atom. The van der Waals surface area contributed by atoms with E-state index in [1.54, 1.807) is 18.2 Å². The second-order valence-corrected chi connectivity index (χ2v) is 6.93. The van der Waals surface area contributed by atoms with Gasteiger partial charge in [0, 0.05) is 22.2 Å². The van der Waals surface area contributed by atoms with Gasteiger partial charge >= 0.3 is 5.63 Å². The lowest BCUT2D eigenvalue weighted by molar-refractivity contribution is 0.473. The van der Waals surface area contributed by atoms with Crippen molar-refractivity contribution in [3.05, 3.63) is 75.1 Å². The van der Waals surface area contributed by atoms with E-state index in [1.807, 2.05) is 24.3 Å². The number of halogens is 1. The molecule has 0 amide bonds. The van der Waals surface area contributed by atoms with Crippen LogP contribution in [0.2, 0.25) is 5.02 Å². The topological polar surface area (TPSA) is 62.8 Å². The van der Waals surface area contributed by atoms with E-state index in [9.17, 15) is 9.90 Å². The number of fused-ring (bicyclic) bond motifs is 1. The molecule has 3 aromatic rings. The van der Waals surface area contributed by atoms with Gasteiger partial charge < -0.3 is 9.52 Å². The summed E-state index contributed by atoms with van der Waals surface area (Å²) in [4.78, 5) is 16.9. The Hall–Kier alpha value is -2.24. The van der Waals surface area contributed by atoms with Crippen molar-refractivity contribution in [1.82, 2.24) is 0 Å². The lowest BCUT2D eigenvalue weighted by atomic mass is 10.1. The molecule has 1 atom stereocenters. The van der Waals surface area contributed by atoms with Gasteiger partial charge in [0.2, 0.25) is 0 Å². The molecule has 4 rings (SSSR count). The van der Waals surface area contributed by atoms with Crippen molar-refractivity contribution in [2.24, 2.45) is 4.99 Å². The molecule has 6 heteroatoms. The van der Waals surface area contributed by atoms with Crippen LogP contribution in [-0.2, 0) is 0 Å². The minimum absolute atomic E-state index is 0.00261. The zero-order chi connectivity index (χ0) is 16.7. The van der Waals surface area contributed by atoms with Crippen molar-refractivity contribution in [2.45, 2.75) is 6.04 Å². The average Bonchev–Trinajstić information content (AvgIpc) is 3.04. The fraction of sp³-hybridized carbons (Fsp3) is 0.111. The average molecular weight is 358 g/mol. The second-order valence-electron chi connectivity index (χ2n) is 5.48. The van der Waals surface area contributed by atoms with E-state index < -0.39 is 5.63 Å². The highest BCUT2D eigenvalue weighted by molar-refractivity contribution is 8.14. The number of aliphatic imine (C=N–C) groups is 1. The molecule has 0 saturated heterocycles. The van der Waals surface area contributed by atoms with Gasteiger partial charge in [0.15, 0.2) is 0 Å². The number of thioether (sulfide) groups is 1. The minimum atomic E-state index is -0.448. The predicted molar refractivity (Wildman–Crippen MR) is 97.3 cm³/mol. The van der Waals surface area contributed by atoms with Crippen LogP contribution in [0, 0.1) is 0 Å². The first-order chi connectivity index (χ1) is 11.6. The Balaban J connectivity index is 1.73. The highest BCUT2D eigenvalue weighted by Crippen LogP contribution is 2.33. The molecule has 4 nitrogen and oxygen atoms in total. The molecule has 0 radical (unpaired) electrons. The van der Waals surface area contributed by atoms with Gasteiger partial charge in [-0.3, -0.25) is 4.99 Å². The van der Waals surface area contributed by atoms with E-state index >= 15 is 0 Å². The standard InChI is InChI=1S/C18H12ClNO3S/c19-12-4-1-10(2-5-12)15-9-24-17(20-15)14-7-11-3-6-13(21)8-16(11)23-18(14)22/h1-8,15,21H,9H2. The number of hydrogen-bond donors (Lipinski definition) is 1. The summed E-state index contributed by atoms with van der Waals surface area (Å²) in [5.41, 5.74) is 1.43. The van der Waals surface area contributed by atoms with Crippen LogP contribution < -0.4 is 5.63 Å². The zero-order valence-electron chi connectivity index (χ0n) is 12.4. The molecule has 1 aliphatic rings. The number of rotatable bonds is 2. The normalized spacial score (nSPS) is 17.2.